The molecule has 3 aliphatic rings. The van der Waals surface area contributed by atoms with Crippen LogP contribution in [-0.2, 0) is 9.59 Å². The van der Waals surface area contributed by atoms with Gasteiger partial charge < -0.3 is 0 Å². The highest BCUT2D eigenvalue weighted by Gasteiger charge is 2.87. The molecule has 4 atom stereocenters. The Bertz CT molecular complexity index is 935. The van der Waals surface area contributed by atoms with Gasteiger partial charge in [0.05, 0.1) is 26.8 Å². The van der Waals surface area contributed by atoms with Crippen molar-refractivity contribution in [3.05, 3.63) is 44.4 Å². The van der Waals surface area contributed by atoms with Gasteiger partial charge in [-0.25, -0.2) is 4.90 Å². The number of hydrogen-bond donors (Lipinski definition) is 0. The van der Waals surface area contributed by atoms with E-state index in [9.17, 15) is 19.7 Å². The Morgan fingerprint density at radius 2 is 1.37 bits per heavy atom. The van der Waals surface area contributed by atoms with E-state index in [1.165, 1.54) is 18.2 Å². The van der Waals surface area contributed by atoms with Crippen molar-refractivity contribution in [3.8, 4) is 0 Å². The zero-order valence-corrected chi connectivity index (χ0v) is 17.3. The number of nitro benzene ring substituents is 1. The van der Waals surface area contributed by atoms with Gasteiger partial charge >= 0.3 is 0 Å². The van der Waals surface area contributed by atoms with Crippen LogP contribution in [0, 0.1) is 22.0 Å². The van der Waals surface area contributed by atoms with Crippen molar-refractivity contribution < 1.29 is 14.5 Å². The van der Waals surface area contributed by atoms with E-state index in [-0.39, 0.29) is 15.8 Å². The fraction of sp³-hybridized carbons (Fsp3) is 0.333. The molecule has 1 aliphatic heterocycles. The van der Waals surface area contributed by atoms with E-state index in [2.05, 4.69) is 0 Å². The van der Waals surface area contributed by atoms with Crippen molar-refractivity contribution in [1.29, 1.82) is 0 Å². The lowest BCUT2D eigenvalue weighted by atomic mass is 9.84. The Kier molecular flexibility index (Phi) is 4.09. The van der Waals surface area contributed by atoms with Crippen molar-refractivity contribution in [1.82, 2.24) is 0 Å². The zero-order valence-electron chi connectivity index (χ0n) is 12.8. The van der Waals surface area contributed by atoms with Gasteiger partial charge in [-0.1, -0.05) is 58.5 Å². The molecule has 0 aromatic heterocycles. The molecule has 1 heterocycles. The number of carbonyl (C=O) groups is 2. The molecule has 2 amide bonds. The Labute approximate surface area is 182 Å². The lowest BCUT2D eigenvalue weighted by molar-refractivity contribution is -0.384. The molecule has 1 saturated carbocycles. The summed E-state index contributed by atoms with van der Waals surface area (Å²) in [6.07, 6.45) is 0. The molecule has 1 aromatic rings. The number of para-hydroxylation sites is 2. The van der Waals surface area contributed by atoms with Crippen molar-refractivity contribution in [2.75, 3.05) is 4.90 Å². The largest absolute Gasteiger partial charge is 0.293 e. The van der Waals surface area contributed by atoms with Crippen LogP contribution in [0.2, 0.25) is 0 Å². The standard InChI is InChI=1S/C15H6Cl6N2O4/c16-9-10(17)14(19)8-7(13(9,18)15(14,20)21)11(24)22(12(8)25)5-3-1-2-4-6(5)23(26)27/h1-4,7-8H/t7-,8-,13-,14-/m0/s1. The smallest absolute Gasteiger partial charge is 0.274 e. The Hall–Kier alpha value is -0.760. The first-order chi connectivity index (χ1) is 12.4. The Balaban J connectivity index is 1.93. The summed E-state index contributed by atoms with van der Waals surface area (Å²) >= 11 is 38.3. The van der Waals surface area contributed by atoms with Crippen molar-refractivity contribution >= 4 is 92.8 Å². The molecule has 1 aromatic carbocycles. The van der Waals surface area contributed by atoms with Gasteiger partial charge in [-0.2, -0.15) is 0 Å². The van der Waals surface area contributed by atoms with Crippen LogP contribution in [0.15, 0.2) is 34.3 Å². The number of nitro groups is 1. The number of halogens is 6. The number of imide groups is 1. The Morgan fingerprint density at radius 1 is 0.926 bits per heavy atom. The summed E-state index contributed by atoms with van der Waals surface area (Å²) in [7, 11) is 0. The maximum absolute atomic E-state index is 13.1. The van der Waals surface area contributed by atoms with E-state index in [1.807, 2.05) is 0 Å². The summed E-state index contributed by atoms with van der Waals surface area (Å²) in [5.74, 6) is -4.36. The van der Waals surface area contributed by atoms with E-state index in [1.54, 1.807) is 0 Å². The van der Waals surface area contributed by atoms with Crippen LogP contribution in [0.3, 0.4) is 0 Å². The highest BCUT2D eigenvalue weighted by Crippen LogP contribution is 2.77. The van der Waals surface area contributed by atoms with Crippen LogP contribution >= 0.6 is 69.6 Å². The summed E-state index contributed by atoms with van der Waals surface area (Å²) in [6, 6.07) is 5.28. The average molecular weight is 491 g/mol. The number of anilines is 1. The maximum Gasteiger partial charge on any atom is 0.293 e. The summed E-state index contributed by atoms with van der Waals surface area (Å²) < 4.78 is -2.05. The topological polar surface area (TPSA) is 80.5 Å². The van der Waals surface area contributed by atoms with E-state index >= 15 is 0 Å². The predicted molar refractivity (Wildman–Crippen MR) is 103 cm³/mol. The quantitative estimate of drug-likeness (QED) is 0.264. The number of allylic oxidation sites excluding steroid dienone is 2. The maximum atomic E-state index is 13.1. The van der Waals surface area contributed by atoms with E-state index in [4.69, 9.17) is 69.6 Å². The predicted octanol–water partition coefficient (Wildman–Crippen LogP) is 4.55. The van der Waals surface area contributed by atoms with Gasteiger partial charge in [0.15, 0.2) is 4.33 Å². The number of amides is 2. The summed E-state index contributed by atoms with van der Waals surface area (Å²) in [5, 5.41) is 10.9. The first-order valence-corrected chi connectivity index (χ1v) is 9.63. The van der Waals surface area contributed by atoms with E-state index in [0.717, 1.165) is 6.07 Å². The number of alkyl halides is 4. The SMILES string of the molecule is O=C1[C@@H]2[C@@H](C(=O)N1c1ccccc1[N+](=O)[O-])[C@]1(Cl)C(Cl)=C(Cl)[C@]2(Cl)C1(Cl)Cl. The third-order valence-electron chi connectivity index (χ3n) is 5.23. The molecule has 2 fully saturated rings. The van der Waals surface area contributed by atoms with Crippen molar-refractivity contribution in [2.45, 2.75) is 14.1 Å². The lowest BCUT2D eigenvalue weighted by Gasteiger charge is -2.34. The molecular formula is C15H6Cl6N2O4. The molecule has 142 valence electrons. The molecule has 0 unspecified atom stereocenters. The minimum Gasteiger partial charge on any atom is -0.274 e. The summed E-state index contributed by atoms with van der Waals surface area (Å²) in [6.45, 7) is 0. The van der Waals surface area contributed by atoms with E-state index < -0.39 is 48.3 Å². The van der Waals surface area contributed by atoms with Crippen LogP contribution in [0.1, 0.15) is 0 Å². The van der Waals surface area contributed by atoms with Crippen LogP contribution in [-0.4, -0.2) is 30.8 Å². The molecule has 2 aliphatic carbocycles. The number of benzene rings is 1. The minimum atomic E-state index is -2.05. The van der Waals surface area contributed by atoms with Gasteiger partial charge in [0, 0.05) is 6.07 Å². The second-order valence-electron chi connectivity index (χ2n) is 6.34. The number of hydrogen-bond acceptors (Lipinski definition) is 4. The van der Waals surface area contributed by atoms with Gasteiger partial charge in [-0.3, -0.25) is 19.7 Å². The third-order valence-corrected chi connectivity index (χ3v) is 9.49. The summed E-state index contributed by atoms with van der Waals surface area (Å²) in [5.41, 5.74) is -0.652. The van der Waals surface area contributed by atoms with Crippen LogP contribution in [0.5, 0.6) is 0 Å². The van der Waals surface area contributed by atoms with Crippen LogP contribution in [0.25, 0.3) is 0 Å². The molecule has 2 bridgehead atoms. The second kappa shape index (κ2) is 5.65. The van der Waals surface area contributed by atoms with Gasteiger partial charge in [0.2, 0.25) is 11.8 Å². The van der Waals surface area contributed by atoms with Crippen LogP contribution < -0.4 is 4.90 Å². The van der Waals surface area contributed by atoms with Crippen LogP contribution in [0.4, 0.5) is 11.4 Å². The molecule has 0 spiro atoms. The minimum absolute atomic E-state index is 0.214. The molecule has 6 nitrogen and oxygen atoms in total. The normalized spacial score (nSPS) is 36.6. The van der Waals surface area contributed by atoms with Gasteiger partial charge in [-0.05, 0) is 6.07 Å². The Morgan fingerprint density at radius 3 is 1.81 bits per heavy atom. The number of carbonyl (C=O) groups excluding carboxylic acids is 2. The van der Waals surface area contributed by atoms with Gasteiger partial charge in [0.1, 0.15) is 15.4 Å². The fourth-order valence-corrected chi connectivity index (χ4v) is 6.97. The summed E-state index contributed by atoms with van der Waals surface area (Å²) in [4.78, 5) is 33.7. The molecular weight excluding hydrogens is 485 g/mol. The highest BCUT2D eigenvalue weighted by atomic mass is 35.5. The zero-order chi connectivity index (χ0) is 20.1. The third kappa shape index (κ3) is 1.92. The van der Waals surface area contributed by atoms with E-state index in [0.29, 0.717) is 4.90 Å². The molecule has 0 radical (unpaired) electrons. The van der Waals surface area contributed by atoms with Crippen molar-refractivity contribution in [3.63, 3.8) is 0 Å². The van der Waals surface area contributed by atoms with Gasteiger partial charge in [-0.15, -0.1) is 23.2 Å². The number of fused-ring (bicyclic) bond motifs is 5. The average Bonchev–Trinajstić information content (AvgIpc) is 2.99. The highest BCUT2D eigenvalue weighted by molar-refractivity contribution is 6.67. The first kappa shape index (κ1) is 19.6. The number of nitrogens with zero attached hydrogens (tertiary/aromatic N) is 2. The fourth-order valence-electron chi connectivity index (χ4n) is 4.04. The monoisotopic (exact) mass is 488 g/mol. The van der Waals surface area contributed by atoms with Gasteiger partial charge in [0.25, 0.3) is 5.69 Å². The molecule has 4 rings (SSSR count). The lowest BCUT2D eigenvalue weighted by Crippen LogP contribution is -2.50. The van der Waals surface area contributed by atoms with Crippen molar-refractivity contribution in [2.24, 2.45) is 11.8 Å². The molecule has 27 heavy (non-hydrogen) atoms. The first-order valence-electron chi connectivity index (χ1n) is 7.37. The molecule has 1 saturated heterocycles. The molecule has 12 heteroatoms. The number of rotatable bonds is 2. The molecule has 0 N–H and O–H groups in total. The second-order valence-corrected chi connectivity index (χ2v) is 9.61.